The van der Waals surface area contributed by atoms with E-state index in [4.69, 9.17) is 21.1 Å². The zero-order valence-electron chi connectivity index (χ0n) is 13.0. The van der Waals surface area contributed by atoms with Crippen molar-refractivity contribution in [3.63, 3.8) is 0 Å². The first-order valence-electron chi connectivity index (χ1n) is 6.50. The third kappa shape index (κ3) is 5.76. The Hall–Kier alpha value is -1.42. The summed E-state index contributed by atoms with van der Waals surface area (Å²) in [7, 11) is 1.56. The molecule has 5 nitrogen and oxygen atoms in total. The first kappa shape index (κ1) is 18.6. The molecular weight excluding hydrogens is 324 g/mol. The molecule has 2 atom stereocenters. The number of methoxy groups -OCH3 is 1. The Morgan fingerprint density at radius 2 is 2.32 bits per heavy atom. The van der Waals surface area contributed by atoms with Crippen LogP contribution in [-0.2, 0) is 9.53 Å². The van der Waals surface area contributed by atoms with Gasteiger partial charge < -0.3 is 14.8 Å². The highest BCUT2D eigenvalue weighted by Gasteiger charge is 2.35. The topological polar surface area (TPSA) is 60.5 Å². The summed E-state index contributed by atoms with van der Waals surface area (Å²) in [6.45, 7) is 3.51. The summed E-state index contributed by atoms with van der Waals surface area (Å²) in [5, 5.41) is 3.36. The van der Waals surface area contributed by atoms with Gasteiger partial charge in [-0.2, -0.15) is 0 Å². The number of carbonyl (C=O) groups is 1. The van der Waals surface area contributed by atoms with Crippen LogP contribution in [0.15, 0.2) is 18.3 Å². The molecule has 2 unspecified atom stereocenters. The minimum absolute atomic E-state index is 0.194. The van der Waals surface area contributed by atoms with Gasteiger partial charge in [-0.3, -0.25) is 4.79 Å². The molecule has 0 aliphatic carbocycles. The van der Waals surface area contributed by atoms with Crippen molar-refractivity contribution in [1.82, 2.24) is 10.3 Å². The van der Waals surface area contributed by atoms with E-state index in [0.717, 1.165) is 0 Å². The highest BCUT2D eigenvalue weighted by atomic mass is 35.5. The number of amides is 1. The first-order chi connectivity index (χ1) is 10.4. The van der Waals surface area contributed by atoms with Gasteiger partial charge in [0.1, 0.15) is 12.1 Å². The molecule has 0 aromatic carbocycles. The highest BCUT2D eigenvalue weighted by Crippen LogP contribution is 2.25. The summed E-state index contributed by atoms with van der Waals surface area (Å²) in [6.07, 6.45) is 3.37. The third-order valence-electron chi connectivity index (χ3n) is 2.61. The Morgan fingerprint density at radius 1 is 1.59 bits per heavy atom. The van der Waals surface area contributed by atoms with Crippen molar-refractivity contribution < 1.29 is 14.3 Å². The van der Waals surface area contributed by atoms with Gasteiger partial charge in [-0.05, 0) is 19.2 Å². The second-order valence-electron chi connectivity index (χ2n) is 4.62. The number of thioether (sulfide) groups is 1. The average Bonchev–Trinajstić information content (AvgIpc) is 2.46. The number of pyridine rings is 1. The van der Waals surface area contributed by atoms with Gasteiger partial charge in [0.2, 0.25) is 11.8 Å². The van der Waals surface area contributed by atoms with E-state index in [1.165, 1.54) is 24.9 Å². The molecule has 0 aliphatic rings. The van der Waals surface area contributed by atoms with Gasteiger partial charge >= 0.3 is 0 Å². The smallest absolute Gasteiger partial charge is 0.218 e. The van der Waals surface area contributed by atoms with E-state index in [1.54, 1.807) is 26.2 Å². The molecule has 1 aromatic heterocycles. The summed E-state index contributed by atoms with van der Waals surface area (Å²) < 4.78 is 10.8. The van der Waals surface area contributed by atoms with Crippen molar-refractivity contribution in [1.29, 1.82) is 0 Å². The number of hydrogen-bond donors (Lipinski definition) is 1. The van der Waals surface area contributed by atoms with E-state index < -0.39 is 11.0 Å². The predicted octanol–water partition coefficient (Wildman–Crippen LogP) is 2.35. The fraction of sp³-hybridized carbons (Fsp3) is 0.467. The first-order valence-corrected chi connectivity index (χ1v) is 8.16. The lowest BCUT2D eigenvalue weighted by atomic mass is 10.0. The molecule has 0 bridgehead atoms. The van der Waals surface area contributed by atoms with Gasteiger partial charge in [-0.1, -0.05) is 23.4 Å². The summed E-state index contributed by atoms with van der Waals surface area (Å²) in [6, 6.07) is 3.36. The maximum absolute atomic E-state index is 11.5. The monoisotopic (exact) mass is 342 g/mol. The quantitative estimate of drug-likeness (QED) is 0.635. The van der Waals surface area contributed by atoms with Crippen LogP contribution in [0.5, 0.6) is 5.88 Å². The van der Waals surface area contributed by atoms with Crippen LogP contribution in [0, 0.1) is 11.8 Å². The second kappa shape index (κ2) is 8.89. The van der Waals surface area contributed by atoms with Crippen molar-refractivity contribution in [2.75, 3.05) is 20.0 Å². The van der Waals surface area contributed by atoms with E-state index in [0.29, 0.717) is 10.9 Å². The molecule has 1 heterocycles. The van der Waals surface area contributed by atoms with Crippen molar-refractivity contribution in [2.45, 2.75) is 24.8 Å². The van der Waals surface area contributed by atoms with E-state index in [1.807, 2.05) is 6.26 Å². The minimum atomic E-state index is -0.884. The molecule has 0 aliphatic heterocycles. The molecule has 0 saturated heterocycles. The fourth-order valence-electron chi connectivity index (χ4n) is 1.75. The van der Waals surface area contributed by atoms with Gasteiger partial charge in [-0.25, -0.2) is 4.98 Å². The number of nitrogens with zero attached hydrogens (tertiary/aromatic N) is 1. The van der Waals surface area contributed by atoms with Crippen molar-refractivity contribution in [3.8, 4) is 17.7 Å². The average molecular weight is 343 g/mol. The van der Waals surface area contributed by atoms with Crippen LogP contribution in [0.1, 0.15) is 13.8 Å². The van der Waals surface area contributed by atoms with Gasteiger partial charge in [0.05, 0.1) is 5.02 Å². The minimum Gasteiger partial charge on any atom is -0.460 e. The van der Waals surface area contributed by atoms with E-state index in [2.05, 4.69) is 22.1 Å². The number of hydrogen-bond acceptors (Lipinski definition) is 5. The Kier molecular flexibility index (Phi) is 7.52. The van der Waals surface area contributed by atoms with Gasteiger partial charge in [-0.15, -0.1) is 11.8 Å². The lowest BCUT2D eigenvalue weighted by Gasteiger charge is -2.32. The summed E-state index contributed by atoms with van der Waals surface area (Å²) in [5.41, 5.74) is -1.33. The van der Waals surface area contributed by atoms with Crippen molar-refractivity contribution in [2.24, 2.45) is 0 Å². The molecule has 0 spiro atoms. The molecule has 7 heteroatoms. The maximum Gasteiger partial charge on any atom is 0.218 e. The molecule has 1 rings (SSSR count). The zero-order chi connectivity index (χ0) is 16.6. The van der Waals surface area contributed by atoms with Crippen LogP contribution in [0.25, 0.3) is 0 Å². The van der Waals surface area contributed by atoms with Crippen LogP contribution in [0.2, 0.25) is 5.02 Å². The number of rotatable bonds is 6. The van der Waals surface area contributed by atoms with Crippen LogP contribution in [0.4, 0.5) is 0 Å². The molecule has 0 saturated carbocycles. The summed E-state index contributed by atoms with van der Waals surface area (Å²) in [4.78, 5) is 15.6. The Bertz CT molecular complexity index is 556. The van der Waals surface area contributed by atoms with Gasteiger partial charge in [0.15, 0.2) is 5.44 Å². The van der Waals surface area contributed by atoms with Crippen LogP contribution in [0.3, 0.4) is 0 Å². The molecule has 22 heavy (non-hydrogen) atoms. The second-order valence-corrected chi connectivity index (χ2v) is 5.95. The molecule has 120 valence electrons. The van der Waals surface area contributed by atoms with E-state index >= 15 is 0 Å². The molecule has 0 fully saturated rings. The van der Waals surface area contributed by atoms with E-state index in [-0.39, 0.29) is 12.5 Å². The molecule has 1 amide bonds. The predicted molar refractivity (Wildman–Crippen MR) is 89.1 cm³/mol. The summed E-state index contributed by atoms with van der Waals surface area (Å²) >= 11 is 7.23. The SMILES string of the molecule is COCC#CC(C)(NC(C)=O)C(Oc1ccc(Cl)cn1)SC. The largest absolute Gasteiger partial charge is 0.460 e. The number of aromatic nitrogens is 1. The lowest BCUT2D eigenvalue weighted by molar-refractivity contribution is -0.120. The van der Waals surface area contributed by atoms with Gasteiger partial charge in [0.25, 0.3) is 0 Å². The Balaban J connectivity index is 3.00. The standard InChI is InChI=1S/C15H19ClN2O3S/c1-11(19)18-15(2,8-5-9-20-3)14(22-4)21-13-7-6-12(16)10-17-13/h6-7,10,14H,9H2,1-4H3,(H,18,19). The molecule has 0 radical (unpaired) electrons. The van der Waals surface area contributed by atoms with Gasteiger partial charge in [0, 0.05) is 26.3 Å². The molecule has 1 aromatic rings. The normalized spacial score (nSPS) is 14.2. The summed E-state index contributed by atoms with van der Waals surface area (Å²) in [5.74, 6) is 6.09. The Morgan fingerprint density at radius 3 is 2.82 bits per heavy atom. The number of carbonyl (C=O) groups excluding carboxylic acids is 1. The van der Waals surface area contributed by atoms with Crippen LogP contribution >= 0.6 is 23.4 Å². The highest BCUT2D eigenvalue weighted by molar-refractivity contribution is 7.99. The number of nitrogens with one attached hydrogen (secondary N) is 1. The third-order valence-corrected chi connectivity index (χ3v) is 3.83. The number of ether oxygens (including phenoxy) is 2. The van der Waals surface area contributed by atoms with Crippen molar-refractivity contribution in [3.05, 3.63) is 23.4 Å². The fourth-order valence-corrected chi connectivity index (χ4v) is 2.65. The van der Waals surface area contributed by atoms with Crippen LogP contribution in [-0.4, -0.2) is 41.8 Å². The van der Waals surface area contributed by atoms with Crippen molar-refractivity contribution >= 4 is 29.3 Å². The van der Waals surface area contributed by atoms with E-state index in [9.17, 15) is 4.79 Å². The molecule has 1 N–H and O–H groups in total. The molecular formula is C15H19ClN2O3S. The maximum atomic E-state index is 11.5. The van der Waals surface area contributed by atoms with Crippen LogP contribution < -0.4 is 10.1 Å². The Labute approximate surface area is 140 Å². The lowest BCUT2D eigenvalue weighted by Crippen LogP contribution is -2.53. The zero-order valence-corrected chi connectivity index (χ0v) is 14.5. The number of halogens is 1.